The maximum Gasteiger partial charge on any atom is 0.240 e. The van der Waals surface area contributed by atoms with Gasteiger partial charge in [0.05, 0.1) is 26.4 Å². The Morgan fingerprint density at radius 3 is 2.52 bits per heavy atom. The molecule has 1 unspecified atom stereocenters. The molecule has 3 aliphatic carbocycles. The second kappa shape index (κ2) is 13.2. The van der Waals surface area contributed by atoms with Crippen molar-refractivity contribution in [3.63, 3.8) is 0 Å². The number of nitrogens with one attached hydrogen (secondary N) is 2. The number of aliphatic hydroxyl groups is 2. The van der Waals surface area contributed by atoms with Gasteiger partial charge in [-0.1, -0.05) is 39.0 Å². The molecular weight excluding hydrogens is 606 g/mol. The lowest BCUT2D eigenvalue weighted by atomic mass is 9.21. The van der Waals surface area contributed by atoms with Crippen LogP contribution in [0.2, 0.25) is 0 Å². The molecule has 1 saturated heterocycles. The number of benzene rings is 2. The number of para-hydroxylation sites is 1. The van der Waals surface area contributed by atoms with E-state index < -0.39 is 24.2 Å². The first-order valence-corrected chi connectivity index (χ1v) is 17.6. The van der Waals surface area contributed by atoms with E-state index in [9.17, 15) is 15.0 Å². The molecule has 2 aromatic carbocycles. The number of aliphatic hydroxyl groups excluding tert-OH is 2. The molecule has 264 valence electrons. The van der Waals surface area contributed by atoms with E-state index in [2.05, 4.69) is 79.6 Å². The lowest BCUT2D eigenvalue weighted by Gasteiger charge is -2.86. The number of rotatable bonds is 14. The number of amides is 1. The Labute approximate surface area is 286 Å². The van der Waals surface area contributed by atoms with Crippen molar-refractivity contribution in [3.8, 4) is 16.9 Å². The Morgan fingerprint density at radius 2 is 1.92 bits per heavy atom. The fourth-order valence-electron chi connectivity index (χ4n) is 9.86. The highest BCUT2D eigenvalue weighted by Gasteiger charge is 2.83. The summed E-state index contributed by atoms with van der Waals surface area (Å²) in [5.41, 5.74) is 5.26. The summed E-state index contributed by atoms with van der Waals surface area (Å²) in [4.78, 5) is 24.9. The number of hydrogen-bond acceptors (Lipinski definition) is 9. The first kappa shape index (κ1) is 35.1. The fraction of sp³-hybridized carbons (Fsp3) is 0.658. The van der Waals surface area contributed by atoms with Crippen molar-refractivity contribution in [1.82, 2.24) is 20.6 Å². The van der Waals surface area contributed by atoms with Crippen molar-refractivity contribution in [2.24, 2.45) is 35.0 Å². The van der Waals surface area contributed by atoms with E-state index >= 15 is 0 Å². The summed E-state index contributed by atoms with van der Waals surface area (Å²) >= 11 is 0. The van der Waals surface area contributed by atoms with E-state index in [4.69, 9.17) is 9.57 Å². The lowest BCUT2D eigenvalue weighted by molar-refractivity contribution is -0.349. The van der Waals surface area contributed by atoms with Crippen molar-refractivity contribution in [2.75, 3.05) is 59.9 Å². The van der Waals surface area contributed by atoms with E-state index in [1.165, 1.54) is 5.56 Å². The van der Waals surface area contributed by atoms with Crippen LogP contribution in [0, 0.1) is 35.0 Å². The average Bonchev–Trinajstić information content (AvgIpc) is 3.41. The monoisotopic (exact) mass is 663 g/mol. The molecule has 0 spiro atoms. The number of carbonyl (C=O) groups excluding carboxylic acids is 1. The molecule has 3 saturated carbocycles. The van der Waals surface area contributed by atoms with E-state index in [-0.39, 0.29) is 24.6 Å². The predicted molar refractivity (Wildman–Crippen MR) is 188 cm³/mol. The number of nitrogens with zero attached hydrogens (tertiary/aromatic N) is 3. The van der Waals surface area contributed by atoms with Crippen LogP contribution in [0.1, 0.15) is 45.2 Å². The summed E-state index contributed by atoms with van der Waals surface area (Å²) in [7, 11) is 9.90. The summed E-state index contributed by atoms with van der Waals surface area (Å²) < 4.78 is 6.09. The van der Waals surface area contributed by atoms with Gasteiger partial charge in [-0.2, -0.15) is 5.06 Å². The van der Waals surface area contributed by atoms with Crippen LogP contribution in [0.15, 0.2) is 36.4 Å². The van der Waals surface area contributed by atoms with Gasteiger partial charge >= 0.3 is 0 Å². The number of carbonyl (C=O) groups is 1. The molecule has 1 heterocycles. The van der Waals surface area contributed by atoms with Crippen molar-refractivity contribution in [3.05, 3.63) is 47.5 Å². The van der Waals surface area contributed by atoms with Gasteiger partial charge in [-0.05, 0) is 85.9 Å². The molecule has 48 heavy (non-hydrogen) atoms. The molecule has 4 aliphatic rings. The first-order chi connectivity index (χ1) is 22.7. The van der Waals surface area contributed by atoms with Gasteiger partial charge in [0, 0.05) is 62.0 Å². The molecule has 4 fully saturated rings. The third-order valence-corrected chi connectivity index (χ3v) is 12.4. The van der Waals surface area contributed by atoms with Crippen LogP contribution in [0.3, 0.4) is 0 Å². The molecule has 10 heteroatoms. The van der Waals surface area contributed by atoms with E-state index in [1.807, 2.05) is 26.2 Å². The van der Waals surface area contributed by atoms with Crippen LogP contribution < -0.4 is 20.3 Å². The van der Waals surface area contributed by atoms with E-state index in [1.54, 1.807) is 19.1 Å². The summed E-state index contributed by atoms with van der Waals surface area (Å²) in [6.45, 7) is 11.2. The maximum atomic E-state index is 14.3. The number of ether oxygens (including phenoxy) is 1. The topological polar surface area (TPSA) is 110 Å². The van der Waals surface area contributed by atoms with Crippen LogP contribution >= 0.6 is 0 Å². The van der Waals surface area contributed by atoms with Crippen LogP contribution in [-0.2, 0) is 22.7 Å². The number of hydrogen-bond donors (Lipinski definition) is 4. The van der Waals surface area contributed by atoms with Crippen LogP contribution in [0.4, 0.5) is 5.69 Å². The van der Waals surface area contributed by atoms with Gasteiger partial charge in [0.1, 0.15) is 17.9 Å². The molecule has 10 nitrogen and oxygen atoms in total. The zero-order valence-electron chi connectivity index (χ0n) is 30.3. The smallest absolute Gasteiger partial charge is 0.240 e. The zero-order valence-corrected chi connectivity index (χ0v) is 30.3. The lowest BCUT2D eigenvalue weighted by Crippen LogP contribution is -2.90. The first-order valence-electron chi connectivity index (χ1n) is 17.6. The highest BCUT2D eigenvalue weighted by atomic mass is 16.7. The fourth-order valence-corrected chi connectivity index (χ4v) is 9.86. The Balaban J connectivity index is 1.27. The van der Waals surface area contributed by atoms with Crippen molar-refractivity contribution in [1.29, 1.82) is 0 Å². The molecule has 9 atom stereocenters. The molecule has 0 radical (unpaired) electrons. The Bertz CT molecular complexity index is 1490. The van der Waals surface area contributed by atoms with E-state index in [0.717, 1.165) is 48.4 Å². The van der Waals surface area contributed by atoms with Gasteiger partial charge in [0.15, 0.2) is 0 Å². The molecule has 1 amide bonds. The molecule has 4 N–H and O–H groups in total. The largest absolute Gasteiger partial charge is 0.496 e. The van der Waals surface area contributed by atoms with Crippen molar-refractivity contribution >= 4 is 11.6 Å². The number of likely N-dealkylation sites (N-methyl/N-ethyl adjacent to an activating group) is 1. The van der Waals surface area contributed by atoms with Crippen LogP contribution in [-0.4, -0.2) is 105 Å². The quantitative estimate of drug-likeness (QED) is 0.227. The molecule has 1 aliphatic heterocycles. The highest BCUT2D eigenvalue weighted by molar-refractivity contribution is 5.84. The SMILES string of the molecule is COc1c(CN2O[C@@H](CO)[C@H]([C@H](C)O)[C@H]2C(=O)N[C@@]23C[C@H]4C2[C@@H]([C@@H]3C)C4(C)C)cccc1-c1cc(CNCCN(C)C)cc(N(C)C)c1. The van der Waals surface area contributed by atoms with Gasteiger partial charge < -0.3 is 35.4 Å². The summed E-state index contributed by atoms with van der Waals surface area (Å²) in [6, 6.07) is 11.9. The van der Waals surface area contributed by atoms with Gasteiger partial charge in [0.2, 0.25) is 5.91 Å². The third-order valence-electron chi connectivity index (χ3n) is 12.4. The molecule has 0 aromatic heterocycles. The minimum atomic E-state index is -0.851. The summed E-state index contributed by atoms with van der Waals surface area (Å²) in [5.74, 6) is 2.21. The van der Waals surface area contributed by atoms with Gasteiger partial charge in [-0.15, -0.1) is 0 Å². The zero-order chi connectivity index (χ0) is 34.7. The molecule has 0 bridgehead atoms. The molecule has 6 rings (SSSR count). The summed E-state index contributed by atoms with van der Waals surface area (Å²) in [6.07, 6.45) is -0.551. The van der Waals surface area contributed by atoms with Crippen LogP contribution in [0.25, 0.3) is 11.1 Å². The minimum Gasteiger partial charge on any atom is -0.496 e. The number of hydroxylamine groups is 2. The second-order valence-corrected chi connectivity index (χ2v) is 15.9. The minimum absolute atomic E-state index is 0.134. The Hall–Kier alpha value is -2.73. The number of anilines is 1. The van der Waals surface area contributed by atoms with E-state index in [0.29, 0.717) is 34.8 Å². The van der Waals surface area contributed by atoms with Crippen molar-refractivity contribution in [2.45, 2.75) is 71.0 Å². The Morgan fingerprint density at radius 1 is 1.17 bits per heavy atom. The van der Waals surface area contributed by atoms with Crippen molar-refractivity contribution < 1.29 is 24.6 Å². The highest BCUT2D eigenvalue weighted by Crippen LogP contribution is 2.81. The second-order valence-electron chi connectivity index (χ2n) is 15.9. The molecule has 2 aromatic rings. The maximum absolute atomic E-state index is 14.3. The van der Waals surface area contributed by atoms with Crippen LogP contribution in [0.5, 0.6) is 5.75 Å². The standard InChI is InChI=1S/C38H57N5O5/c1-22-32-33-29(37(32,3)4)18-38(22,33)40-36(46)34-31(23(2)45)30(21-44)48-43(34)20-25-11-10-12-28(35(25)47-9)26-15-24(16-27(17-26)42(7)8)19-39-13-14-41(5)6/h10-12,15-17,22-23,29-34,39,44-45H,13-14,18-21H2,1-9H3,(H,40,46)/t22-,23-,29-,30-,31-,32+,33?,34-,38+/m0/s1. The third kappa shape index (κ3) is 5.72. The number of methoxy groups -OCH3 is 1. The Kier molecular flexibility index (Phi) is 9.65. The predicted octanol–water partition coefficient (Wildman–Crippen LogP) is 3.35. The molecular formula is C38H57N5O5. The van der Waals surface area contributed by atoms with Gasteiger partial charge in [-0.3, -0.25) is 9.63 Å². The summed E-state index contributed by atoms with van der Waals surface area (Å²) in [5, 5.41) is 29.9. The van der Waals surface area contributed by atoms with Gasteiger partial charge in [-0.25, -0.2) is 0 Å². The average molecular weight is 664 g/mol. The normalized spacial score (nSPS) is 32.1. The van der Waals surface area contributed by atoms with Gasteiger partial charge in [0.25, 0.3) is 0 Å².